The summed E-state index contributed by atoms with van der Waals surface area (Å²) in [4.78, 5) is 13.0. The van der Waals surface area contributed by atoms with Crippen molar-refractivity contribution in [2.45, 2.75) is 32.4 Å². The average Bonchev–Trinajstić information content (AvgIpc) is 3.14. The third kappa shape index (κ3) is 4.35. The van der Waals surface area contributed by atoms with Gasteiger partial charge in [-0.25, -0.2) is 13.9 Å². The van der Waals surface area contributed by atoms with Crippen LogP contribution in [0.5, 0.6) is 11.5 Å². The zero-order valence-corrected chi connectivity index (χ0v) is 16.6. The van der Waals surface area contributed by atoms with Gasteiger partial charge in [0, 0.05) is 25.7 Å². The van der Waals surface area contributed by atoms with E-state index in [1.807, 2.05) is 11.6 Å². The van der Waals surface area contributed by atoms with Crippen LogP contribution in [-0.4, -0.2) is 50.9 Å². The Kier molecular flexibility index (Phi) is 5.80. The Morgan fingerprint density at radius 2 is 2.03 bits per heavy atom. The van der Waals surface area contributed by atoms with Crippen molar-refractivity contribution in [3.63, 3.8) is 0 Å². The highest BCUT2D eigenvalue weighted by molar-refractivity contribution is 5.77. The molecule has 2 aromatic carbocycles. The molecule has 0 spiro atoms. The Balaban J connectivity index is 1.40. The van der Waals surface area contributed by atoms with Crippen LogP contribution in [0.1, 0.15) is 31.4 Å². The Hall–Kier alpha value is -3.20. The fourth-order valence-electron chi connectivity index (χ4n) is 3.85. The van der Waals surface area contributed by atoms with Crippen LogP contribution in [0.3, 0.4) is 0 Å². The van der Waals surface area contributed by atoms with Crippen LogP contribution < -0.4 is 9.47 Å². The number of likely N-dealkylation sites (tertiary alicyclic amines) is 1. The maximum atomic E-state index is 13.8. The maximum Gasteiger partial charge on any atom is 0.511 e. The fraction of sp³-hybridized carbons (Fsp3) is 0.381. The highest BCUT2D eigenvalue weighted by Gasteiger charge is 2.23. The van der Waals surface area contributed by atoms with Crippen molar-refractivity contribution in [2.24, 2.45) is 0 Å². The molecule has 9 heteroatoms. The summed E-state index contributed by atoms with van der Waals surface area (Å²) in [6.45, 7) is 4.77. The number of rotatable bonds is 6. The van der Waals surface area contributed by atoms with Gasteiger partial charge in [-0.2, -0.15) is 0 Å². The first-order chi connectivity index (χ1) is 14.5. The normalized spacial score (nSPS) is 15.4. The van der Waals surface area contributed by atoms with Crippen molar-refractivity contribution < 1.29 is 23.8 Å². The van der Waals surface area contributed by atoms with Gasteiger partial charge in [-0.3, -0.25) is 4.90 Å². The van der Waals surface area contributed by atoms with E-state index in [1.165, 1.54) is 6.07 Å². The maximum absolute atomic E-state index is 13.8. The lowest BCUT2D eigenvalue weighted by atomic mass is 10.0. The van der Waals surface area contributed by atoms with Crippen LogP contribution in [-0.2, 0) is 6.54 Å². The molecule has 0 radical (unpaired) electrons. The number of hydrogen-bond acceptors (Lipinski definition) is 6. The van der Waals surface area contributed by atoms with Gasteiger partial charge in [0.05, 0.1) is 18.2 Å². The summed E-state index contributed by atoms with van der Waals surface area (Å²) >= 11 is 0. The highest BCUT2D eigenvalue weighted by atomic mass is 19.1. The van der Waals surface area contributed by atoms with Crippen molar-refractivity contribution in [1.82, 2.24) is 19.9 Å². The predicted molar refractivity (Wildman–Crippen MR) is 107 cm³/mol. The summed E-state index contributed by atoms with van der Waals surface area (Å²) in [7, 11) is 0. The molecule has 1 aromatic heterocycles. The first-order valence-corrected chi connectivity index (χ1v) is 9.93. The minimum atomic E-state index is -1.36. The molecule has 0 atom stereocenters. The summed E-state index contributed by atoms with van der Waals surface area (Å²) in [6, 6.07) is 10.2. The molecule has 4 rings (SSSR count). The van der Waals surface area contributed by atoms with E-state index in [-0.39, 0.29) is 17.6 Å². The zero-order valence-electron chi connectivity index (χ0n) is 16.6. The predicted octanol–water partition coefficient (Wildman–Crippen LogP) is 3.86. The van der Waals surface area contributed by atoms with Gasteiger partial charge in [0.25, 0.3) is 0 Å². The minimum Gasteiger partial charge on any atom is -0.491 e. The number of hydrogen-bond donors (Lipinski definition) is 1. The third-order valence-electron chi connectivity index (χ3n) is 5.25. The molecule has 8 nitrogen and oxygen atoms in total. The number of halogens is 1. The van der Waals surface area contributed by atoms with Gasteiger partial charge < -0.3 is 14.6 Å². The second kappa shape index (κ2) is 8.66. The molecule has 1 aliphatic rings. The highest BCUT2D eigenvalue weighted by Crippen LogP contribution is 2.28. The van der Waals surface area contributed by atoms with Gasteiger partial charge in [0.1, 0.15) is 11.3 Å². The summed E-state index contributed by atoms with van der Waals surface area (Å²) < 4.78 is 25.7. The Morgan fingerprint density at radius 3 is 2.77 bits per heavy atom. The number of carboxylic acid groups (broad SMARTS) is 1. The molecule has 158 valence electrons. The van der Waals surface area contributed by atoms with Crippen LogP contribution in [0.4, 0.5) is 9.18 Å². The Bertz CT molecular complexity index is 1050. The number of fused-ring (bicyclic) bond motifs is 1. The van der Waals surface area contributed by atoms with Crippen molar-refractivity contribution in [2.75, 3.05) is 19.7 Å². The molecular weight excluding hydrogens is 391 g/mol. The van der Waals surface area contributed by atoms with E-state index in [0.717, 1.165) is 43.6 Å². The number of benzene rings is 2. The molecule has 1 N–H and O–H groups in total. The average molecular weight is 414 g/mol. The lowest BCUT2D eigenvalue weighted by molar-refractivity contribution is 0.144. The monoisotopic (exact) mass is 414 g/mol. The summed E-state index contributed by atoms with van der Waals surface area (Å²) in [5.74, 6) is 0.182. The number of aromatic nitrogens is 3. The Morgan fingerprint density at radius 1 is 1.23 bits per heavy atom. The van der Waals surface area contributed by atoms with Crippen LogP contribution in [0, 0.1) is 5.82 Å². The quantitative estimate of drug-likeness (QED) is 0.484. The van der Waals surface area contributed by atoms with Gasteiger partial charge >= 0.3 is 6.16 Å². The molecule has 0 unspecified atom stereocenters. The molecule has 1 aliphatic heterocycles. The number of ether oxygens (including phenoxy) is 2. The first-order valence-electron chi connectivity index (χ1n) is 9.93. The molecule has 2 heterocycles. The Labute approximate surface area is 172 Å². The molecule has 1 fully saturated rings. The van der Waals surface area contributed by atoms with E-state index in [4.69, 9.17) is 9.84 Å². The standard InChI is InChI=1S/C21H23FN4O4/c1-2-29-20-11-14(3-5-17(20)22)13-25-9-7-15(8-10-25)26-19-6-4-16(30-21(27)28)12-18(19)23-24-26/h3-6,11-12,15H,2,7-10,13H2,1H3,(H,27,28). The summed E-state index contributed by atoms with van der Waals surface area (Å²) in [6.07, 6.45) is 0.458. The molecule has 0 aliphatic carbocycles. The number of carbonyl (C=O) groups is 1. The third-order valence-corrected chi connectivity index (χ3v) is 5.25. The van der Waals surface area contributed by atoms with Gasteiger partial charge in [0.15, 0.2) is 11.6 Å². The number of nitrogens with zero attached hydrogens (tertiary/aromatic N) is 4. The van der Waals surface area contributed by atoms with Crippen LogP contribution >= 0.6 is 0 Å². The van der Waals surface area contributed by atoms with E-state index in [1.54, 1.807) is 30.3 Å². The van der Waals surface area contributed by atoms with Crippen molar-refractivity contribution >= 4 is 17.2 Å². The van der Waals surface area contributed by atoms with Crippen LogP contribution in [0.25, 0.3) is 11.0 Å². The molecule has 1 saturated heterocycles. The molecule has 3 aromatic rings. The van der Waals surface area contributed by atoms with Gasteiger partial charge in [0.2, 0.25) is 0 Å². The van der Waals surface area contributed by atoms with Crippen LogP contribution in [0.15, 0.2) is 36.4 Å². The van der Waals surface area contributed by atoms with Crippen molar-refractivity contribution in [3.8, 4) is 11.5 Å². The lowest BCUT2D eigenvalue weighted by Gasteiger charge is -2.32. The molecular formula is C21H23FN4O4. The largest absolute Gasteiger partial charge is 0.511 e. The van der Waals surface area contributed by atoms with E-state index >= 15 is 0 Å². The van der Waals surface area contributed by atoms with Crippen molar-refractivity contribution in [3.05, 3.63) is 47.8 Å². The number of piperidine rings is 1. The van der Waals surface area contributed by atoms with E-state index < -0.39 is 6.16 Å². The molecule has 0 bridgehead atoms. The minimum absolute atomic E-state index is 0.213. The second-order valence-corrected chi connectivity index (χ2v) is 7.26. The van der Waals surface area contributed by atoms with Crippen molar-refractivity contribution in [1.29, 1.82) is 0 Å². The van der Waals surface area contributed by atoms with E-state index in [0.29, 0.717) is 17.9 Å². The van der Waals surface area contributed by atoms with Crippen LogP contribution in [0.2, 0.25) is 0 Å². The second-order valence-electron chi connectivity index (χ2n) is 7.26. The van der Waals surface area contributed by atoms with E-state index in [2.05, 4.69) is 19.9 Å². The summed E-state index contributed by atoms with van der Waals surface area (Å²) in [5, 5.41) is 17.2. The molecule has 30 heavy (non-hydrogen) atoms. The van der Waals surface area contributed by atoms with Gasteiger partial charge in [-0.1, -0.05) is 11.3 Å². The topological polar surface area (TPSA) is 89.7 Å². The molecule has 0 saturated carbocycles. The lowest BCUT2D eigenvalue weighted by Crippen LogP contribution is -2.34. The molecule has 0 amide bonds. The first kappa shape index (κ1) is 20.1. The van der Waals surface area contributed by atoms with Gasteiger partial charge in [-0.05, 0) is 49.6 Å². The smallest absolute Gasteiger partial charge is 0.491 e. The zero-order chi connectivity index (χ0) is 21.1. The summed E-state index contributed by atoms with van der Waals surface area (Å²) in [5.41, 5.74) is 2.48. The van der Waals surface area contributed by atoms with Gasteiger partial charge in [-0.15, -0.1) is 5.10 Å². The van der Waals surface area contributed by atoms with E-state index in [9.17, 15) is 9.18 Å². The fourth-order valence-corrected chi connectivity index (χ4v) is 3.85. The SMILES string of the molecule is CCOc1cc(CN2CCC(n3nnc4cc(OC(=O)O)ccc43)CC2)ccc1F.